The Morgan fingerprint density at radius 2 is 1.83 bits per heavy atom. The number of hydrogen-bond acceptors (Lipinski definition) is 5. The number of hydrogen-bond donors (Lipinski definition) is 2. The van der Waals surface area contributed by atoms with Gasteiger partial charge in [-0.1, -0.05) is 6.92 Å². The maximum absolute atomic E-state index is 12.1. The Morgan fingerprint density at radius 1 is 1.13 bits per heavy atom. The predicted molar refractivity (Wildman–Crippen MR) is 85.2 cm³/mol. The molecule has 2 N–H and O–H groups in total. The molecule has 0 aliphatic carbocycles. The largest absolute Gasteiger partial charge is 0.497 e. The van der Waals surface area contributed by atoms with Gasteiger partial charge in [-0.3, -0.25) is 9.59 Å². The van der Waals surface area contributed by atoms with Gasteiger partial charge in [-0.15, -0.1) is 10.2 Å². The van der Waals surface area contributed by atoms with Gasteiger partial charge >= 0.3 is 0 Å². The van der Waals surface area contributed by atoms with Crippen molar-refractivity contribution in [3.63, 3.8) is 0 Å². The first-order valence-electron chi connectivity index (χ1n) is 7.22. The van der Waals surface area contributed by atoms with E-state index in [-0.39, 0.29) is 18.2 Å². The zero-order valence-electron chi connectivity index (χ0n) is 13.1. The van der Waals surface area contributed by atoms with E-state index in [0.717, 1.165) is 0 Å². The number of anilines is 2. The summed E-state index contributed by atoms with van der Waals surface area (Å²) >= 11 is 0. The van der Waals surface area contributed by atoms with Crippen molar-refractivity contribution in [2.75, 3.05) is 17.7 Å². The van der Waals surface area contributed by atoms with Gasteiger partial charge in [-0.25, -0.2) is 0 Å². The third-order valence-corrected chi connectivity index (χ3v) is 3.16. The minimum absolute atomic E-state index is 0.129. The van der Waals surface area contributed by atoms with Crippen LogP contribution in [0.25, 0.3) is 0 Å². The Hall–Kier alpha value is -2.90. The molecule has 0 aliphatic heterocycles. The van der Waals surface area contributed by atoms with E-state index in [0.29, 0.717) is 30.1 Å². The van der Waals surface area contributed by atoms with Crippen molar-refractivity contribution in [1.82, 2.24) is 14.8 Å². The number of benzene rings is 1. The van der Waals surface area contributed by atoms with Crippen LogP contribution in [-0.4, -0.2) is 33.7 Å². The number of amides is 2. The van der Waals surface area contributed by atoms with E-state index in [2.05, 4.69) is 20.8 Å². The molecule has 0 radical (unpaired) electrons. The number of methoxy groups -OCH3 is 1. The molecule has 1 aromatic carbocycles. The molecule has 0 aliphatic rings. The molecule has 23 heavy (non-hydrogen) atoms. The molecule has 0 bridgehead atoms. The normalized spacial score (nSPS) is 10.2. The van der Waals surface area contributed by atoms with Gasteiger partial charge in [0.2, 0.25) is 11.8 Å². The molecular formula is C15H19N5O3. The number of aryl methyl sites for hydroxylation is 1. The van der Waals surface area contributed by atoms with Crippen LogP contribution in [0.3, 0.4) is 0 Å². The average Bonchev–Trinajstić information content (AvgIpc) is 3.07. The molecule has 0 saturated carbocycles. The smallest absolute Gasteiger partial charge is 0.226 e. The average molecular weight is 317 g/mol. The van der Waals surface area contributed by atoms with Crippen LogP contribution in [0.1, 0.15) is 19.8 Å². The second-order valence-electron chi connectivity index (χ2n) is 4.81. The second-order valence-corrected chi connectivity index (χ2v) is 4.81. The van der Waals surface area contributed by atoms with Crippen molar-refractivity contribution in [2.45, 2.75) is 26.3 Å². The van der Waals surface area contributed by atoms with Crippen molar-refractivity contribution in [3.05, 3.63) is 30.9 Å². The van der Waals surface area contributed by atoms with E-state index in [1.54, 1.807) is 42.3 Å². The summed E-state index contributed by atoms with van der Waals surface area (Å²) < 4.78 is 6.87. The summed E-state index contributed by atoms with van der Waals surface area (Å²) in [5, 5.41) is 12.9. The maximum atomic E-state index is 12.1. The summed E-state index contributed by atoms with van der Waals surface area (Å²) in [6.07, 6.45) is 3.71. The summed E-state index contributed by atoms with van der Waals surface area (Å²) in [6.45, 7) is 2.23. The summed E-state index contributed by atoms with van der Waals surface area (Å²) in [7, 11) is 1.54. The number of carbonyl (C=O) groups excluding carboxylic acids is 2. The number of aromatic nitrogens is 3. The summed E-state index contributed by atoms with van der Waals surface area (Å²) in [5.74, 6) is 0.280. The fourth-order valence-electron chi connectivity index (χ4n) is 1.88. The zero-order chi connectivity index (χ0) is 16.7. The molecule has 1 heterocycles. The lowest BCUT2D eigenvalue weighted by atomic mass is 10.2. The first-order valence-corrected chi connectivity index (χ1v) is 7.22. The van der Waals surface area contributed by atoms with Crippen molar-refractivity contribution in [2.24, 2.45) is 0 Å². The fourth-order valence-corrected chi connectivity index (χ4v) is 1.88. The lowest BCUT2D eigenvalue weighted by molar-refractivity contribution is -0.117. The van der Waals surface area contributed by atoms with Crippen LogP contribution in [0.2, 0.25) is 0 Å². The van der Waals surface area contributed by atoms with Crippen LogP contribution in [0, 0.1) is 0 Å². The SMILES string of the molecule is CCC(=O)Nc1ccc(OC)cc1NC(=O)CCn1cnnc1. The van der Waals surface area contributed by atoms with Gasteiger partial charge in [0.05, 0.1) is 18.5 Å². The van der Waals surface area contributed by atoms with Crippen LogP contribution in [0.15, 0.2) is 30.9 Å². The minimum atomic E-state index is -0.182. The Bertz CT molecular complexity index is 670. The molecule has 1 aromatic heterocycles. The lowest BCUT2D eigenvalue weighted by Gasteiger charge is -2.13. The summed E-state index contributed by atoms with van der Waals surface area (Å²) in [6, 6.07) is 5.09. The molecule has 2 aromatic rings. The third kappa shape index (κ3) is 4.80. The molecule has 0 saturated heterocycles. The maximum Gasteiger partial charge on any atom is 0.226 e. The van der Waals surface area contributed by atoms with Crippen molar-refractivity contribution >= 4 is 23.2 Å². The Morgan fingerprint density at radius 3 is 2.48 bits per heavy atom. The monoisotopic (exact) mass is 317 g/mol. The highest BCUT2D eigenvalue weighted by molar-refractivity contribution is 5.99. The lowest BCUT2D eigenvalue weighted by Crippen LogP contribution is -2.17. The third-order valence-electron chi connectivity index (χ3n) is 3.16. The summed E-state index contributed by atoms with van der Waals surface area (Å²) in [4.78, 5) is 23.7. The van der Waals surface area contributed by atoms with Crippen LogP contribution in [0.5, 0.6) is 5.75 Å². The van der Waals surface area contributed by atoms with Crippen LogP contribution < -0.4 is 15.4 Å². The minimum Gasteiger partial charge on any atom is -0.497 e. The fraction of sp³-hybridized carbons (Fsp3) is 0.333. The van der Waals surface area contributed by atoms with Gasteiger partial charge in [0.1, 0.15) is 18.4 Å². The van der Waals surface area contributed by atoms with E-state index in [1.165, 1.54) is 7.11 Å². The number of ether oxygens (including phenoxy) is 1. The van der Waals surface area contributed by atoms with Gasteiger partial charge in [-0.05, 0) is 12.1 Å². The highest BCUT2D eigenvalue weighted by Crippen LogP contribution is 2.27. The Balaban J connectivity index is 2.06. The second kappa shape index (κ2) is 7.92. The molecule has 122 valence electrons. The quantitative estimate of drug-likeness (QED) is 0.809. The molecule has 0 spiro atoms. The highest BCUT2D eigenvalue weighted by atomic mass is 16.5. The molecule has 8 nitrogen and oxygen atoms in total. The molecule has 0 unspecified atom stereocenters. The van der Waals surface area contributed by atoms with Crippen LogP contribution in [-0.2, 0) is 16.1 Å². The van der Waals surface area contributed by atoms with Crippen LogP contribution >= 0.6 is 0 Å². The first kappa shape index (κ1) is 16.5. The zero-order valence-corrected chi connectivity index (χ0v) is 13.1. The van der Waals surface area contributed by atoms with Crippen molar-refractivity contribution in [3.8, 4) is 5.75 Å². The van der Waals surface area contributed by atoms with E-state index < -0.39 is 0 Å². The molecular weight excluding hydrogens is 298 g/mol. The predicted octanol–water partition coefficient (Wildman–Crippen LogP) is 1.66. The number of nitrogens with one attached hydrogen (secondary N) is 2. The van der Waals surface area contributed by atoms with E-state index in [4.69, 9.17) is 4.74 Å². The Labute approximate surface area is 133 Å². The van der Waals surface area contributed by atoms with E-state index >= 15 is 0 Å². The van der Waals surface area contributed by atoms with E-state index in [1.807, 2.05) is 0 Å². The molecule has 0 atom stereocenters. The van der Waals surface area contributed by atoms with Crippen molar-refractivity contribution < 1.29 is 14.3 Å². The molecule has 2 rings (SSSR count). The van der Waals surface area contributed by atoms with Crippen molar-refractivity contribution in [1.29, 1.82) is 0 Å². The standard InChI is InChI=1S/C15H19N5O3/c1-3-14(21)18-12-5-4-11(23-2)8-13(12)19-15(22)6-7-20-9-16-17-10-20/h4-5,8-10H,3,6-7H2,1-2H3,(H,18,21)(H,19,22). The van der Waals surface area contributed by atoms with Gasteiger partial charge < -0.3 is 19.9 Å². The number of rotatable bonds is 7. The summed E-state index contributed by atoms with van der Waals surface area (Å²) in [5.41, 5.74) is 1.04. The highest BCUT2D eigenvalue weighted by Gasteiger charge is 2.10. The van der Waals surface area contributed by atoms with Gasteiger partial charge in [0, 0.05) is 25.5 Å². The topological polar surface area (TPSA) is 98.1 Å². The van der Waals surface area contributed by atoms with Gasteiger partial charge in [0.25, 0.3) is 0 Å². The van der Waals surface area contributed by atoms with E-state index in [9.17, 15) is 9.59 Å². The Kier molecular flexibility index (Phi) is 5.67. The van der Waals surface area contributed by atoms with Crippen LogP contribution in [0.4, 0.5) is 11.4 Å². The molecule has 2 amide bonds. The number of carbonyl (C=O) groups is 2. The molecule has 8 heteroatoms. The molecule has 0 fully saturated rings. The van der Waals surface area contributed by atoms with Gasteiger partial charge in [0.15, 0.2) is 0 Å². The van der Waals surface area contributed by atoms with Gasteiger partial charge in [-0.2, -0.15) is 0 Å². The first-order chi connectivity index (χ1) is 11.1. The number of nitrogens with zero attached hydrogens (tertiary/aromatic N) is 3.